The van der Waals surface area contributed by atoms with E-state index >= 15 is 0 Å². The van der Waals surface area contributed by atoms with Gasteiger partial charge in [-0.25, -0.2) is 9.97 Å². The highest BCUT2D eigenvalue weighted by atomic mass is 16.3. The van der Waals surface area contributed by atoms with Crippen molar-refractivity contribution in [3.63, 3.8) is 0 Å². The van der Waals surface area contributed by atoms with Crippen LogP contribution in [0.2, 0.25) is 0 Å². The predicted molar refractivity (Wildman–Crippen MR) is 68.6 cm³/mol. The Bertz CT molecular complexity index is 593. The molecule has 0 spiro atoms. The Balaban J connectivity index is 1.82. The van der Waals surface area contributed by atoms with Crippen LogP contribution in [0.4, 0.5) is 0 Å². The van der Waals surface area contributed by atoms with E-state index in [1.54, 1.807) is 12.1 Å². The second-order valence-corrected chi connectivity index (χ2v) is 4.71. The highest BCUT2D eigenvalue weighted by Crippen LogP contribution is 2.28. The van der Waals surface area contributed by atoms with Crippen LogP contribution in [-0.2, 0) is 6.42 Å². The standard InChI is InChI=1S/C14H15N3O2/c1-9-15-8-10-11(16-9)4-2-5-12(10)17-14(18)13-6-3-7-19-13/h3,6-8,12H,2,4-5H2,1H3,(H,17,18)/t12-/m0/s1. The Hall–Kier alpha value is -2.17. The first-order chi connectivity index (χ1) is 9.24. The second-order valence-electron chi connectivity index (χ2n) is 4.71. The van der Waals surface area contributed by atoms with Crippen molar-refractivity contribution >= 4 is 5.91 Å². The lowest BCUT2D eigenvalue weighted by atomic mass is 9.92. The van der Waals surface area contributed by atoms with Gasteiger partial charge < -0.3 is 9.73 Å². The van der Waals surface area contributed by atoms with Gasteiger partial charge in [0.05, 0.1) is 12.3 Å². The average Bonchev–Trinajstić information content (AvgIpc) is 2.92. The normalized spacial score (nSPS) is 17.8. The van der Waals surface area contributed by atoms with Crippen molar-refractivity contribution in [2.45, 2.75) is 32.2 Å². The summed E-state index contributed by atoms with van der Waals surface area (Å²) < 4.78 is 5.10. The van der Waals surface area contributed by atoms with Gasteiger partial charge in [0, 0.05) is 17.5 Å². The molecule has 0 radical (unpaired) electrons. The second kappa shape index (κ2) is 4.84. The molecule has 2 aromatic heterocycles. The summed E-state index contributed by atoms with van der Waals surface area (Å²) in [4.78, 5) is 20.7. The molecule has 1 amide bonds. The minimum atomic E-state index is -0.191. The lowest BCUT2D eigenvalue weighted by Crippen LogP contribution is -2.31. The molecule has 1 aliphatic carbocycles. The number of nitrogens with zero attached hydrogens (tertiary/aromatic N) is 2. The molecule has 0 bridgehead atoms. The summed E-state index contributed by atoms with van der Waals surface area (Å²) in [6.07, 6.45) is 6.20. The third kappa shape index (κ3) is 2.36. The van der Waals surface area contributed by atoms with Gasteiger partial charge in [-0.3, -0.25) is 4.79 Å². The van der Waals surface area contributed by atoms with E-state index in [9.17, 15) is 4.79 Å². The minimum Gasteiger partial charge on any atom is -0.459 e. The monoisotopic (exact) mass is 257 g/mol. The van der Waals surface area contributed by atoms with E-state index in [4.69, 9.17) is 4.42 Å². The summed E-state index contributed by atoms with van der Waals surface area (Å²) in [5.41, 5.74) is 2.07. The fraction of sp³-hybridized carbons (Fsp3) is 0.357. The van der Waals surface area contributed by atoms with Gasteiger partial charge in [0.1, 0.15) is 5.82 Å². The lowest BCUT2D eigenvalue weighted by molar-refractivity contribution is 0.0904. The molecule has 98 valence electrons. The molecule has 2 aromatic rings. The first-order valence-corrected chi connectivity index (χ1v) is 6.41. The Morgan fingerprint density at radius 3 is 3.21 bits per heavy atom. The number of amides is 1. The van der Waals surface area contributed by atoms with E-state index in [1.807, 2.05) is 13.1 Å². The van der Waals surface area contributed by atoms with Gasteiger partial charge in [0.2, 0.25) is 0 Å². The van der Waals surface area contributed by atoms with Crippen LogP contribution in [0.25, 0.3) is 0 Å². The highest BCUT2D eigenvalue weighted by Gasteiger charge is 2.24. The Morgan fingerprint density at radius 2 is 2.42 bits per heavy atom. The number of aryl methyl sites for hydroxylation is 2. The summed E-state index contributed by atoms with van der Waals surface area (Å²) in [6, 6.07) is 3.34. The van der Waals surface area contributed by atoms with Gasteiger partial charge in [-0.05, 0) is 38.3 Å². The van der Waals surface area contributed by atoms with Crippen LogP contribution in [0.15, 0.2) is 29.0 Å². The number of nitrogens with one attached hydrogen (secondary N) is 1. The van der Waals surface area contributed by atoms with Gasteiger partial charge >= 0.3 is 0 Å². The van der Waals surface area contributed by atoms with Crippen molar-refractivity contribution in [3.8, 4) is 0 Å². The van der Waals surface area contributed by atoms with Crippen molar-refractivity contribution in [1.82, 2.24) is 15.3 Å². The summed E-state index contributed by atoms with van der Waals surface area (Å²) >= 11 is 0. The van der Waals surface area contributed by atoms with Gasteiger partial charge in [0.15, 0.2) is 5.76 Å². The Kier molecular flexibility index (Phi) is 3.03. The number of hydrogen-bond donors (Lipinski definition) is 1. The lowest BCUT2D eigenvalue weighted by Gasteiger charge is -2.25. The molecule has 2 heterocycles. The number of hydrogen-bond acceptors (Lipinski definition) is 4. The summed E-state index contributed by atoms with van der Waals surface area (Å²) in [5.74, 6) is 0.917. The molecule has 1 aliphatic rings. The molecule has 19 heavy (non-hydrogen) atoms. The first kappa shape index (κ1) is 11.9. The largest absolute Gasteiger partial charge is 0.459 e. The minimum absolute atomic E-state index is 0.0260. The molecule has 0 saturated heterocycles. The summed E-state index contributed by atoms with van der Waals surface area (Å²) in [5, 5.41) is 2.98. The number of carbonyl (C=O) groups excluding carboxylic acids is 1. The molecular formula is C14H15N3O2. The Labute approximate surface area is 111 Å². The zero-order valence-corrected chi connectivity index (χ0v) is 10.7. The van der Waals surface area contributed by atoms with Crippen LogP contribution < -0.4 is 5.32 Å². The van der Waals surface area contributed by atoms with Crippen LogP contribution in [0, 0.1) is 6.92 Å². The van der Waals surface area contributed by atoms with Crippen LogP contribution in [0.3, 0.4) is 0 Å². The predicted octanol–water partition coefficient (Wildman–Crippen LogP) is 2.19. The third-order valence-corrected chi connectivity index (χ3v) is 3.35. The average molecular weight is 257 g/mol. The maximum atomic E-state index is 12.0. The van der Waals surface area contributed by atoms with E-state index in [-0.39, 0.29) is 11.9 Å². The maximum absolute atomic E-state index is 12.0. The van der Waals surface area contributed by atoms with Crippen molar-refractivity contribution in [2.24, 2.45) is 0 Å². The van der Waals surface area contributed by atoms with Gasteiger partial charge in [-0.15, -0.1) is 0 Å². The fourth-order valence-electron chi connectivity index (χ4n) is 2.43. The van der Waals surface area contributed by atoms with Gasteiger partial charge in [0.25, 0.3) is 5.91 Å². The molecule has 0 aliphatic heterocycles. The Morgan fingerprint density at radius 1 is 1.53 bits per heavy atom. The molecule has 0 saturated carbocycles. The molecule has 1 N–H and O–H groups in total. The van der Waals surface area contributed by atoms with Crippen LogP contribution in [0.5, 0.6) is 0 Å². The van der Waals surface area contributed by atoms with Crippen LogP contribution >= 0.6 is 0 Å². The molecule has 0 aromatic carbocycles. The molecular weight excluding hydrogens is 242 g/mol. The summed E-state index contributed by atoms with van der Waals surface area (Å²) in [7, 11) is 0. The quantitative estimate of drug-likeness (QED) is 0.895. The van der Waals surface area contributed by atoms with Crippen molar-refractivity contribution in [2.75, 3.05) is 0 Å². The number of fused-ring (bicyclic) bond motifs is 1. The molecule has 3 rings (SSSR count). The van der Waals surface area contributed by atoms with Gasteiger partial charge in [-0.1, -0.05) is 0 Å². The van der Waals surface area contributed by atoms with Crippen molar-refractivity contribution in [3.05, 3.63) is 47.4 Å². The molecule has 5 nitrogen and oxygen atoms in total. The third-order valence-electron chi connectivity index (χ3n) is 3.35. The maximum Gasteiger partial charge on any atom is 0.287 e. The van der Waals surface area contributed by atoms with E-state index in [0.29, 0.717) is 5.76 Å². The molecule has 0 fully saturated rings. The van der Waals surface area contributed by atoms with E-state index < -0.39 is 0 Å². The van der Waals surface area contributed by atoms with E-state index in [0.717, 1.165) is 36.3 Å². The SMILES string of the molecule is Cc1ncc2c(n1)CCC[C@@H]2NC(=O)c1ccco1. The number of carbonyl (C=O) groups is 1. The highest BCUT2D eigenvalue weighted by molar-refractivity contribution is 5.91. The number of furan rings is 1. The number of rotatable bonds is 2. The van der Waals surface area contributed by atoms with Crippen molar-refractivity contribution in [1.29, 1.82) is 0 Å². The van der Waals surface area contributed by atoms with Crippen LogP contribution in [-0.4, -0.2) is 15.9 Å². The summed E-state index contributed by atoms with van der Waals surface area (Å²) in [6.45, 7) is 1.88. The van der Waals surface area contributed by atoms with Crippen molar-refractivity contribution < 1.29 is 9.21 Å². The topological polar surface area (TPSA) is 68.0 Å². The number of aromatic nitrogens is 2. The van der Waals surface area contributed by atoms with E-state index in [1.165, 1.54) is 6.26 Å². The molecule has 0 unspecified atom stereocenters. The molecule has 1 atom stereocenters. The zero-order chi connectivity index (χ0) is 13.2. The smallest absolute Gasteiger partial charge is 0.287 e. The first-order valence-electron chi connectivity index (χ1n) is 6.41. The zero-order valence-electron chi connectivity index (χ0n) is 10.7. The molecule has 5 heteroatoms. The van der Waals surface area contributed by atoms with Crippen LogP contribution in [0.1, 0.15) is 46.5 Å². The van der Waals surface area contributed by atoms with Gasteiger partial charge in [-0.2, -0.15) is 0 Å². The fourth-order valence-corrected chi connectivity index (χ4v) is 2.43. The van der Waals surface area contributed by atoms with E-state index in [2.05, 4.69) is 15.3 Å².